The second kappa shape index (κ2) is 9.05. The molecule has 1 aromatic heterocycles. The first-order valence-electron chi connectivity index (χ1n) is 9.66. The Labute approximate surface area is 171 Å². The molecule has 0 radical (unpaired) electrons. The molecule has 2 aromatic rings. The maximum absolute atomic E-state index is 13.2. The maximum Gasteiger partial charge on any atom is 0.343 e. The number of nitrogens with zero attached hydrogens (tertiary/aromatic N) is 3. The molecule has 0 spiro atoms. The van der Waals surface area contributed by atoms with E-state index in [4.69, 9.17) is 4.74 Å². The Kier molecular flexibility index (Phi) is 6.49. The van der Waals surface area contributed by atoms with Crippen molar-refractivity contribution in [2.75, 3.05) is 44.8 Å². The number of ether oxygens (including phenoxy) is 2. The normalized spacial score (nSPS) is 15.1. The molecule has 0 atom stereocenters. The summed E-state index contributed by atoms with van der Waals surface area (Å²) in [5.74, 6) is 0.141. The SMILES string of the molecule is COC(=O)COc1ccc(C(=O)C(C)(C)N2CCN(c3ccncc3)CC2)cc1. The first kappa shape index (κ1) is 20.8. The summed E-state index contributed by atoms with van der Waals surface area (Å²) in [5.41, 5.74) is 1.17. The summed E-state index contributed by atoms with van der Waals surface area (Å²) >= 11 is 0. The molecule has 3 rings (SSSR count). The number of piperazine rings is 1. The molecule has 0 amide bonds. The molecule has 1 aromatic carbocycles. The lowest BCUT2D eigenvalue weighted by Gasteiger charge is -2.43. The molecule has 1 fully saturated rings. The van der Waals surface area contributed by atoms with Gasteiger partial charge in [0.1, 0.15) is 5.75 Å². The van der Waals surface area contributed by atoms with Crippen LogP contribution >= 0.6 is 0 Å². The van der Waals surface area contributed by atoms with E-state index in [1.807, 2.05) is 26.0 Å². The fourth-order valence-electron chi connectivity index (χ4n) is 3.48. The van der Waals surface area contributed by atoms with Gasteiger partial charge in [-0.15, -0.1) is 0 Å². The van der Waals surface area contributed by atoms with Crippen LogP contribution in [0, 0.1) is 0 Å². The molecule has 0 saturated carbocycles. The number of carbonyl (C=O) groups excluding carboxylic acids is 2. The van der Waals surface area contributed by atoms with Crippen molar-refractivity contribution in [1.29, 1.82) is 0 Å². The molecule has 29 heavy (non-hydrogen) atoms. The molecule has 0 unspecified atom stereocenters. The summed E-state index contributed by atoms with van der Waals surface area (Å²) in [7, 11) is 1.31. The summed E-state index contributed by atoms with van der Waals surface area (Å²) in [6.07, 6.45) is 3.60. The molecule has 2 heterocycles. The van der Waals surface area contributed by atoms with Gasteiger partial charge in [-0.1, -0.05) is 0 Å². The third-order valence-corrected chi connectivity index (χ3v) is 5.35. The van der Waals surface area contributed by atoms with Crippen LogP contribution in [0.25, 0.3) is 0 Å². The summed E-state index contributed by atoms with van der Waals surface area (Å²) in [4.78, 5) is 32.9. The minimum absolute atomic E-state index is 0.0642. The Morgan fingerprint density at radius 3 is 2.21 bits per heavy atom. The van der Waals surface area contributed by atoms with Crippen molar-refractivity contribution < 1.29 is 19.1 Å². The van der Waals surface area contributed by atoms with E-state index in [-0.39, 0.29) is 12.4 Å². The molecular weight excluding hydrogens is 370 g/mol. The largest absolute Gasteiger partial charge is 0.482 e. The highest BCUT2D eigenvalue weighted by Gasteiger charge is 2.36. The van der Waals surface area contributed by atoms with Gasteiger partial charge in [-0.25, -0.2) is 4.79 Å². The second-order valence-corrected chi connectivity index (χ2v) is 7.46. The predicted octanol–water partition coefficient (Wildman–Crippen LogP) is 2.42. The number of ketones is 1. The zero-order valence-electron chi connectivity index (χ0n) is 17.1. The number of Topliss-reactive ketones (excluding diaryl/α,β-unsaturated/α-hetero) is 1. The third-order valence-electron chi connectivity index (χ3n) is 5.35. The molecule has 0 N–H and O–H groups in total. The number of methoxy groups -OCH3 is 1. The van der Waals surface area contributed by atoms with Gasteiger partial charge in [0, 0.05) is 49.8 Å². The molecule has 7 heteroatoms. The number of aromatic nitrogens is 1. The Morgan fingerprint density at radius 1 is 1.00 bits per heavy atom. The van der Waals surface area contributed by atoms with Crippen molar-refractivity contribution >= 4 is 17.4 Å². The van der Waals surface area contributed by atoms with Gasteiger partial charge in [-0.05, 0) is 50.2 Å². The van der Waals surface area contributed by atoms with Crippen molar-refractivity contribution in [3.8, 4) is 5.75 Å². The number of carbonyl (C=O) groups is 2. The topological polar surface area (TPSA) is 72.0 Å². The Morgan fingerprint density at radius 2 is 1.62 bits per heavy atom. The van der Waals surface area contributed by atoms with Crippen LogP contribution in [0.2, 0.25) is 0 Å². The highest BCUT2D eigenvalue weighted by molar-refractivity contribution is 6.02. The smallest absolute Gasteiger partial charge is 0.343 e. The van der Waals surface area contributed by atoms with Crippen LogP contribution in [-0.2, 0) is 9.53 Å². The Bertz CT molecular complexity index is 829. The van der Waals surface area contributed by atoms with E-state index >= 15 is 0 Å². The first-order valence-corrected chi connectivity index (χ1v) is 9.66. The number of rotatable bonds is 7. The van der Waals surface area contributed by atoms with Crippen molar-refractivity contribution in [2.45, 2.75) is 19.4 Å². The van der Waals surface area contributed by atoms with Crippen molar-refractivity contribution in [2.24, 2.45) is 0 Å². The van der Waals surface area contributed by atoms with Crippen molar-refractivity contribution in [3.05, 3.63) is 54.4 Å². The van der Waals surface area contributed by atoms with Gasteiger partial charge in [0.05, 0.1) is 12.6 Å². The highest BCUT2D eigenvalue weighted by Crippen LogP contribution is 2.25. The van der Waals surface area contributed by atoms with Crippen LogP contribution < -0.4 is 9.64 Å². The number of hydrogen-bond donors (Lipinski definition) is 0. The fraction of sp³-hybridized carbons (Fsp3) is 0.409. The summed E-state index contributed by atoms with van der Waals surface area (Å²) in [6, 6.07) is 10.9. The van der Waals surface area contributed by atoms with E-state index in [0.29, 0.717) is 11.3 Å². The van der Waals surface area contributed by atoms with Gasteiger partial charge < -0.3 is 14.4 Å². The molecule has 0 aliphatic carbocycles. The van der Waals surface area contributed by atoms with Crippen molar-refractivity contribution in [1.82, 2.24) is 9.88 Å². The van der Waals surface area contributed by atoms with Crippen LogP contribution in [0.5, 0.6) is 5.75 Å². The van der Waals surface area contributed by atoms with Crippen LogP contribution in [0.1, 0.15) is 24.2 Å². The van der Waals surface area contributed by atoms with E-state index < -0.39 is 11.5 Å². The standard InChI is InChI=1S/C22H27N3O4/c1-22(2,25-14-12-24(13-15-25)18-8-10-23-11-9-18)21(27)17-4-6-19(7-5-17)29-16-20(26)28-3/h4-11H,12-16H2,1-3H3. The number of esters is 1. The average molecular weight is 397 g/mol. The number of hydrogen-bond acceptors (Lipinski definition) is 7. The number of benzene rings is 1. The fourth-order valence-corrected chi connectivity index (χ4v) is 3.48. The van der Waals surface area contributed by atoms with Crippen LogP contribution in [0.4, 0.5) is 5.69 Å². The molecule has 154 valence electrons. The first-order chi connectivity index (χ1) is 13.9. The lowest BCUT2D eigenvalue weighted by Crippen LogP contribution is -2.58. The lowest BCUT2D eigenvalue weighted by molar-refractivity contribution is -0.142. The molecule has 7 nitrogen and oxygen atoms in total. The monoisotopic (exact) mass is 397 g/mol. The van der Waals surface area contributed by atoms with Crippen LogP contribution in [0.15, 0.2) is 48.8 Å². The van der Waals surface area contributed by atoms with Gasteiger partial charge in [0.15, 0.2) is 12.4 Å². The summed E-state index contributed by atoms with van der Waals surface area (Å²) < 4.78 is 9.89. The highest BCUT2D eigenvalue weighted by atomic mass is 16.6. The van der Waals surface area contributed by atoms with E-state index in [9.17, 15) is 9.59 Å². The molecule has 0 bridgehead atoms. The molecule has 1 aliphatic heterocycles. The summed E-state index contributed by atoms with van der Waals surface area (Å²) in [5, 5.41) is 0. The summed E-state index contributed by atoms with van der Waals surface area (Å²) in [6.45, 7) is 7.13. The van der Waals surface area contributed by atoms with Gasteiger partial charge >= 0.3 is 5.97 Å². The minimum Gasteiger partial charge on any atom is -0.482 e. The van der Waals surface area contributed by atoms with Gasteiger partial charge in [-0.2, -0.15) is 0 Å². The van der Waals surface area contributed by atoms with E-state index in [1.54, 1.807) is 36.7 Å². The Balaban J connectivity index is 1.60. The van der Waals surface area contributed by atoms with Crippen molar-refractivity contribution in [3.63, 3.8) is 0 Å². The minimum atomic E-state index is -0.612. The molecular formula is C22H27N3O4. The van der Waals surface area contributed by atoms with Gasteiger partial charge in [0.25, 0.3) is 0 Å². The number of pyridine rings is 1. The quantitative estimate of drug-likeness (QED) is 0.525. The molecule has 1 aliphatic rings. The number of anilines is 1. The van der Waals surface area contributed by atoms with E-state index in [1.165, 1.54) is 7.11 Å². The van der Waals surface area contributed by atoms with Gasteiger partial charge in [0.2, 0.25) is 0 Å². The third kappa shape index (κ3) is 4.92. The lowest BCUT2D eigenvalue weighted by atomic mass is 9.90. The predicted molar refractivity (Wildman–Crippen MR) is 110 cm³/mol. The van der Waals surface area contributed by atoms with Crippen LogP contribution in [-0.4, -0.2) is 67.1 Å². The van der Waals surface area contributed by atoms with E-state index in [0.717, 1.165) is 31.9 Å². The maximum atomic E-state index is 13.2. The van der Waals surface area contributed by atoms with Gasteiger partial charge in [-0.3, -0.25) is 14.7 Å². The Hall–Kier alpha value is -2.93. The molecule has 1 saturated heterocycles. The zero-order chi connectivity index (χ0) is 20.9. The second-order valence-electron chi connectivity index (χ2n) is 7.46. The van der Waals surface area contributed by atoms with E-state index in [2.05, 4.69) is 19.5 Å². The average Bonchev–Trinajstić information content (AvgIpc) is 2.78. The zero-order valence-corrected chi connectivity index (χ0v) is 17.1. The van der Waals surface area contributed by atoms with Crippen LogP contribution in [0.3, 0.4) is 0 Å².